The molecule has 0 bridgehead atoms. The Labute approximate surface area is 139 Å². The summed E-state index contributed by atoms with van der Waals surface area (Å²) in [4.78, 5) is 16.7. The molecule has 0 spiro atoms. The number of amides is 1. The van der Waals surface area contributed by atoms with Gasteiger partial charge in [0.25, 0.3) is 5.91 Å². The molecule has 0 aliphatic carbocycles. The van der Waals surface area contributed by atoms with Crippen molar-refractivity contribution < 1.29 is 9.53 Å². The molecule has 0 fully saturated rings. The molecule has 0 atom stereocenters. The van der Waals surface area contributed by atoms with Crippen LogP contribution in [0, 0.1) is 6.92 Å². The minimum absolute atomic E-state index is 0.298. The van der Waals surface area contributed by atoms with Gasteiger partial charge in [-0.2, -0.15) is 5.10 Å². The zero-order chi connectivity index (χ0) is 16.9. The molecule has 122 valence electrons. The van der Waals surface area contributed by atoms with Gasteiger partial charge < -0.3 is 4.74 Å². The number of hydrazone groups is 1. The molecular formula is C18H18N4O2. The van der Waals surface area contributed by atoms with Crippen molar-refractivity contribution in [2.75, 3.05) is 6.61 Å². The largest absolute Gasteiger partial charge is 0.494 e. The molecular weight excluding hydrogens is 304 g/mol. The minimum Gasteiger partial charge on any atom is -0.494 e. The standard InChI is InChI=1S/C18H18N4O2/c1-3-24-15-9-7-14(8-10-15)12-19-21-18(23)17-13(2)20-16-6-4-5-11-22(16)17/h4-12H,3H2,1-2H3,(H,21,23). The molecule has 6 heteroatoms. The van der Waals surface area contributed by atoms with Crippen molar-refractivity contribution >= 4 is 17.8 Å². The van der Waals surface area contributed by atoms with Gasteiger partial charge in [0, 0.05) is 6.20 Å². The lowest BCUT2D eigenvalue weighted by atomic mass is 10.2. The van der Waals surface area contributed by atoms with Crippen molar-refractivity contribution in [2.45, 2.75) is 13.8 Å². The van der Waals surface area contributed by atoms with Crippen LogP contribution in [-0.2, 0) is 0 Å². The second kappa shape index (κ2) is 6.95. The Morgan fingerprint density at radius 2 is 2.08 bits per heavy atom. The average Bonchev–Trinajstić information content (AvgIpc) is 2.92. The SMILES string of the molecule is CCOc1ccc(C=NNC(=O)c2c(C)nc3ccccn23)cc1. The molecule has 2 heterocycles. The molecule has 6 nitrogen and oxygen atoms in total. The van der Waals surface area contributed by atoms with E-state index in [1.54, 1.807) is 23.7 Å². The first-order chi connectivity index (χ1) is 11.7. The quantitative estimate of drug-likeness (QED) is 0.580. The summed E-state index contributed by atoms with van der Waals surface area (Å²) < 4.78 is 7.13. The lowest BCUT2D eigenvalue weighted by molar-refractivity contribution is 0.0948. The van der Waals surface area contributed by atoms with E-state index >= 15 is 0 Å². The second-order valence-corrected chi connectivity index (χ2v) is 5.18. The van der Waals surface area contributed by atoms with Crippen LogP contribution in [0.25, 0.3) is 5.65 Å². The molecule has 1 N–H and O–H groups in total. The summed E-state index contributed by atoms with van der Waals surface area (Å²) in [6, 6.07) is 13.1. The van der Waals surface area contributed by atoms with Gasteiger partial charge in [-0.25, -0.2) is 10.4 Å². The van der Waals surface area contributed by atoms with Gasteiger partial charge in [-0.3, -0.25) is 9.20 Å². The predicted octanol–water partition coefficient (Wildman–Crippen LogP) is 2.81. The summed E-state index contributed by atoms with van der Waals surface area (Å²) in [5.41, 5.74) is 5.29. The van der Waals surface area contributed by atoms with Crippen molar-refractivity contribution in [1.82, 2.24) is 14.8 Å². The van der Waals surface area contributed by atoms with Gasteiger partial charge in [0.2, 0.25) is 0 Å². The number of hydrogen-bond donors (Lipinski definition) is 1. The molecule has 2 aromatic heterocycles. The van der Waals surface area contributed by atoms with Crippen LogP contribution in [0.4, 0.5) is 0 Å². The third-order valence-electron chi connectivity index (χ3n) is 3.49. The molecule has 0 radical (unpaired) electrons. The highest BCUT2D eigenvalue weighted by molar-refractivity contribution is 5.95. The van der Waals surface area contributed by atoms with Crippen LogP contribution in [0.1, 0.15) is 28.7 Å². The molecule has 0 saturated carbocycles. The smallest absolute Gasteiger partial charge is 0.290 e. The molecule has 0 aliphatic rings. The first-order valence-electron chi connectivity index (χ1n) is 7.69. The zero-order valence-electron chi connectivity index (χ0n) is 13.6. The monoisotopic (exact) mass is 322 g/mol. The van der Waals surface area contributed by atoms with Gasteiger partial charge in [0.1, 0.15) is 17.1 Å². The number of aromatic nitrogens is 2. The summed E-state index contributed by atoms with van der Waals surface area (Å²) in [7, 11) is 0. The molecule has 3 aromatic rings. The number of nitrogens with zero attached hydrogens (tertiary/aromatic N) is 3. The molecule has 0 aliphatic heterocycles. The number of hydrogen-bond acceptors (Lipinski definition) is 4. The maximum Gasteiger partial charge on any atom is 0.290 e. The van der Waals surface area contributed by atoms with E-state index in [0.717, 1.165) is 17.0 Å². The van der Waals surface area contributed by atoms with Gasteiger partial charge in [0.15, 0.2) is 0 Å². The highest BCUT2D eigenvalue weighted by Gasteiger charge is 2.15. The van der Waals surface area contributed by atoms with Crippen LogP contribution in [0.2, 0.25) is 0 Å². The first-order valence-corrected chi connectivity index (χ1v) is 7.69. The highest BCUT2D eigenvalue weighted by Crippen LogP contribution is 2.12. The molecule has 0 saturated heterocycles. The zero-order valence-corrected chi connectivity index (χ0v) is 13.6. The number of aryl methyl sites for hydroxylation is 1. The number of benzene rings is 1. The number of carbonyl (C=O) groups is 1. The third-order valence-corrected chi connectivity index (χ3v) is 3.49. The van der Waals surface area contributed by atoms with E-state index in [2.05, 4.69) is 15.5 Å². The number of imidazole rings is 1. The molecule has 3 rings (SSSR count). The molecule has 1 aromatic carbocycles. The number of rotatable bonds is 5. The van der Waals surface area contributed by atoms with Crippen molar-refractivity contribution in [3.05, 3.63) is 65.6 Å². The van der Waals surface area contributed by atoms with E-state index in [0.29, 0.717) is 18.0 Å². The van der Waals surface area contributed by atoms with E-state index in [1.165, 1.54) is 0 Å². The topological polar surface area (TPSA) is 68.0 Å². The van der Waals surface area contributed by atoms with Crippen LogP contribution in [-0.4, -0.2) is 28.1 Å². The fourth-order valence-electron chi connectivity index (χ4n) is 2.42. The fourth-order valence-corrected chi connectivity index (χ4v) is 2.42. The van der Waals surface area contributed by atoms with Crippen molar-refractivity contribution in [2.24, 2.45) is 5.10 Å². The highest BCUT2D eigenvalue weighted by atomic mass is 16.5. The Balaban J connectivity index is 1.71. The van der Waals surface area contributed by atoms with Crippen LogP contribution in [0.5, 0.6) is 5.75 Å². The maximum atomic E-state index is 12.4. The Bertz CT molecular complexity index is 882. The lowest BCUT2D eigenvalue weighted by Gasteiger charge is -2.03. The van der Waals surface area contributed by atoms with E-state index < -0.39 is 0 Å². The van der Waals surface area contributed by atoms with E-state index in [4.69, 9.17) is 4.74 Å². The summed E-state index contributed by atoms with van der Waals surface area (Å²) in [6.45, 7) is 4.37. The summed E-state index contributed by atoms with van der Waals surface area (Å²) in [5, 5.41) is 4.01. The maximum absolute atomic E-state index is 12.4. The lowest BCUT2D eigenvalue weighted by Crippen LogP contribution is -2.20. The van der Waals surface area contributed by atoms with Crippen LogP contribution < -0.4 is 10.2 Å². The fraction of sp³-hybridized carbons (Fsp3) is 0.167. The Kier molecular flexibility index (Phi) is 4.56. The van der Waals surface area contributed by atoms with Crippen molar-refractivity contribution in [3.63, 3.8) is 0 Å². The number of ether oxygens (including phenoxy) is 1. The normalized spacial score (nSPS) is 11.1. The van der Waals surface area contributed by atoms with Crippen LogP contribution in [0.3, 0.4) is 0 Å². The molecule has 0 unspecified atom stereocenters. The van der Waals surface area contributed by atoms with E-state index in [1.807, 2.05) is 49.4 Å². The van der Waals surface area contributed by atoms with E-state index in [-0.39, 0.29) is 5.91 Å². The van der Waals surface area contributed by atoms with Gasteiger partial charge in [-0.05, 0) is 55.8 Å². The predicted molar refractivity (Wildman–Crippen MR) is 92.6 cm³/mol. The molecule has 24 heavy (non-hydrogen) atoms. The van der Waals surface area contributed by atoms with Crippen molar-refractivity contribution in [3.8, 4) is 5.75 Å². The van der Waals surface area contributed by atoms with Crippen molar-refractivity contribution in [1.29, 1.82) is 0 Å². The van der Waals surface area contributed by atoms with Gasteiger partial charge in [-0.1, -0.05) is 6.07 Å². The number of pyridine rings is 1. The summed E-state index contributed by atoms with van der Waals surface area (Å²) in [6.07, 6.45) is 3.40. The Morgan fingerprint density at radius 1 is 1.29 bits per heavy atom. The minimum atomic E-state index is -0.298. The third kappa shape index (κ3) is 3.27. The summed E-state index contributed by atoms with van der Waals surface area (Å²) >= 11 is 0. The van der Waals surface area contributed by atoms with Gasteiger partial charge in [0.05, 0.1) is 18.5 Å². The van der Waals surface area contributed by atoms with Gasteiger partial charge in [-0.15, -0.1) is 0 Å². The Morgan fingerprint density at radius 3 is 2.83 bits per heavy atom. The number of nitrogens with one attached hydrogen (secondary N) is 1. The second-order valence-electron chi connectivity index (χ2n) is 5.18. The van der Waals surface area contributed by atoms with E-state index in [9.17, 15) is 4.79 Å². The average molecular weight is 322 g/mol. The van der Waals surface area contributed by atoms with Crippen LogP contribution >= 0.6 is 0 Å². The van der Waals surface area contributed by atoms with Gasteiger partial charge >= 0.3 is 0 Å². The first kappa shape index (κ1) is 15.7. The number of carbonyl (C=O) groups excluding carboxylic acids is 1. The Hall–Kier alpha value is -3.15. The number of fused-ring (bicyclic) bond motifs is 1. The molecule has 1 amide bonds. The van der Waals surface area contributed by atoms with Crippen LogP contribution in [0.15, 0.2) is 53.8 Å². The summed E-state index contributed by atoms with van der Waals surface area (Å²) in [5.74, 6) is 0.508.